The van der Waals surface area contributed by atoms with Crippen molar-refractivity contribution in [1.82, 2.24) is 20.6 Å². The number of aromatic amines is 1. The molecule has 0 atom stereocenters. The molecule has 0 fully saturated rings. The van der Waals surface area contributed by atoms with Gasteiger partial charge in [0.1, 0.15) is 11.4 Å². The molecule has 0 aliphatic heterocycles. The van der Waals surface area contributed by atoms with Gasteiger partial charge in [-0.05, 0) is 36.4 Å². The van der Waals surface area contributed by atoms with E-state index in [4.69, 9.17) is 4.74 Å². The molecule has 1 amide bonds. The Labute approximate surface area is 138 Å². The van der Waals surface area contributed by atoms with Crippen molar-refractivity contribution in [2.24, 2.45) is 5.10 Å². The Hall–Kier alpha value is -3.48. The van der Waals surface area contributed by atoms with Crippen LogP contribution in [-0.2, 0) is 0 Å². The summed E-state index contributed by atoms with van der Waals surface area (Å²) in [5.74, 6) is 0.388. The number of nitrogens with zero attached hydrogens (tertiary/aromatic N) is 3. The lowest BCUT2D eigenvalue weighted by Gasteiger charge is -2.00. The lowest BCUT2D eigenvalue weighted by Crippen LogP contribution is -2.18. The van der Waals surface area contributed by atoms with E-state index in [1.165, 1.54) is 6.21 Å². The Morgan fingerprint density at radius 3 is 2.83 bits per heavy atom. The smallest absolute Gasteiger partial charge is 0.289 e. The molecule has 0 saturated heterocycles. The fraction of sp³-hybridized carbons (Fsp3) is 0.0588. The van der Waals surface area contributed by atoms with Crippen LogP contribution in [0.15, 0.2) is 60.0 Å². The second-order valence-corrected chi connectivity index (χ2v) is 4.88. The van der Waals surface area contributed by atoms with Gasteiger partial charge < -0.3 is 4.74 Å². The molecule has 2 N–H and O–H groups in total. The van der Waals surface area contributed by atoms with Gasteiger partial charge in [-0.15, -0.1) is 0 Å². The van der Waals surface area contributed by atoms with Crippen LogP contribution in [-0.4, -0.2) is 34.4 Å². The third-order valence-corrected chi connectivity index (χ3v) is 3.27. The van der Waals surface area contributed by atoms with E-state index < -0.39 is 0 Å². The molecule has 0 unspecified atom stereocenters. The van der Waals surface area contributed by atoms with E-state index in [9.17, 15) is 4.79 Å². The zero-order valence-electron chi connectivity index (χ0n) is 12.9. The van der Waals surface area contributed by atoms with Crippen LogP contribution >= 0.6 is 0 Å². The van der Waals surface area contributed by atoms with Gasteiger partial charge in [0.25, 0.3) is 5.91 Å². The number of ether oxygens (including phenoxy) is 1. The summed E-state index contributed by atoms with van der Waals surface area (Å²) in [6.07, 6.45) is 4.83. The molecule has 0 radical (unpaired) electrons. The lowest BCUT2D eigenvalue weighted by molar-refractivity contribution is 0.0950. The summed E-state index contributed by atoms with van der Waals surface area (Å²) in [6.45, 7) is 0. The Morgan fingerprint density at radius 1 is 1.29 bits per heavy atom. The van der Waals surface area contributed by atoms with Gasteiger partial charge in [-0.2, -0.15) is 10.2 Å². The van der Waals surface area contributed by atoms with Crippen LogP contribution in [0.4, 0.5) is 0 Å². The van der Waals surface area contributed by atoms with E-state index in [2.05, 4.69) is 25.7 Å². The number of hydrogen-bond donors (Lipinski definition) is 2. The first kappa shape index (κ1) is 15.4. The number of pyridine rings is 1. The number of benzene rings is 1. The highest BCUT2D eigenvalue weighted by atomic mass is 16.5. The van der Waals surface area contributed by atoms with Crippen molar-refractivity contribution in [3.8, 4) is 17.0 Å². The number of nitrogens with one attached hydrogen (secondary N) is 2. The SMILES string of the molecule is COc1ccc(-c2cc(C(=O)N/N=C\c3cccnc3)[nH]n2)cc1. The third kappa shape index (κ3) is 3.64. The van der Waals surface area contributed by atoms with E-state index in [1.54, 1.807) is 31.6 Å². The van der Waals surface area contributed by atoms with Crippen LogP contribution in [0.2, 0.25) is 0 Å². The van der Waals surface area contributed by atoms with E-state index >= 15 is 0 Å². The number of H-pyrrole nitrogens is 1. The molecule has 24 heavy (non-hydrogen) atoms. The van der Waals surface area contributed by atoms with Crippen LogP contribution in [0.5, 0.6) is 5.75 Å². The largest absolute Gasteiger partial charge is 0.497 e. The van der Waals surface area contributed by atoms with Gasteiger partial charge in [0.15, 0.2) is 0 Å². The fourth-order valence-corrected chi connectivity index (χ4v) is 2.03. The van der Waals surface area contributed by atoms with Gasteiger partial charge in [0, 0.05) is 23.5 Å². The molecule has 0 spiro atoms. The Morgan fingerprint density at radius 2 is 2.12 bits per heavy atom. The maximum absolute atomic E-state index is 12.0. The quantitative estimate of drug-likeness (QED) is 0.557. The minimum absolute atomic E-state index is 0.323. The number of amides is 1. The third-order valence-electron chi connectivity index (χ3n) is 3.27. The zero-order valence-corrected chi connectivity index (χ0v) is 12.9. The summed E-state index contributed by atoms with van der Waals surface area (Å²) in [6, 6.07) is 12.7. The Kier molecular flexibility index (Phi) is 4.62. The predicted molar refractivity (Wildman–Crippen MR) is 89.9 cm³/mol. The van der Waals surface area contributed by atoms with Crippen molar-refractivity contribution in [1.29, 1.82) is 0 Å². The standard InChI is InChI=1S/C17H15N5O2/c1-24-14-6-4-13(5-7-14)15-9-16(21-20-15)17(23)22-19-11-12-3-2-8-18-10-12/h2-11H,1H3,(H,20,21)(H,22,23)/b19-11-. The van der Waals surface area contributed by atoms with Crippen molar-refractivity contribution in [2.45, 2.75) is 0 Å². The van der Waals surface area contributed by atoms with Crippen molar-refractivity contribution in [2.75, 3.05) is 7.11 Å². The molecule has 7 heteroatoms. The van der Waals surface area contributed by atoms with Gasteiger partial charge in [0.2, 0.25) is 0 Å². The number of hydrogen-bond acceptors (Lipinski definition) is 5. The van der Waals surface area contributed by atoms with Crippen LogP contribution in [0.25, 0.3) is 11.3 Å². The van der Waals surface area contributed by atoms with E-state index in [1.807, 2.05) is 30.3 Å². The molecule has 0 aliphatic carbocycles. The summed E-state index contributed by atoms with van der Waals surface area (Å²) < 4.78 is 5.12. The predicted octanol–water partition coefficient (Wildman–Crippen LogP) is 2.24. The molecule has 0 saturated carbocycles. The monoisotopic (exact) mass is 321 g/mol. The summed E-state index contributed by atoms with van der Waals surface area (Å²) in [4.78, 5) is 16.0. The van der Waals surface area contributed by atoms with Gasteiger partial charge in [-0.1, -0.05) is 6.07 Å². The van der Waals surface area contributed by atoms with Gasteiger partial charge in [0.05, 0.1) is 19.0 Å². The minimum atomic E-state index is -0.373. The summed E-state index contributed by atoms with van der Waals surface area (Å²) in [7, 11) is 1.61. The first-order chi connectivity index (χ1) is 11.8. The van der Waals surface area contributed by atoms with Crippen LogP contribution in [0.3, 0.4) is 0 Å². The average Bonchev–Trinajstić information content (AvgIpc) is 3.13. The van der Waals surface area contributed by atoms with Crippen LogP contribution in [0, 0.1) is 0 Å². The molecule has 7 nitrogen and oxygen atoms in total. The molecular weight excluding hydrogens is 306 g/mol. The second kappa shape index (κ2) is 7.19. The topological polar surface area (TPSA) is 92.3 Å². The summed E-state index contributed by atoms with van der Waals surface area (Å²) in [5.41, 5.74) is 5.10. The highest BCUT2D eigenvalue weighted by Crippen LogP contribution is 2.21. The molecule has 120 valence electrons. The molecule has 3 rings (SSSR count). The molecule has 0 aliphatic rings. The first-order valence-corrected chi connectivity index (χ1v) is 7.19. The highest BCUT2D eigenvalue weighted by Gasteiger charge is 2.10. The van der Waals surface area contributed by atoms with Crippen molar-refractivity contribution >= 4 is 12.1 Å². The summed E-state index contributed by atoms with van der Waals surface area (Å²) >= 11 is 0. The van der Waals surface area contributed by atoms with Gasteiger partial charge in [-0.25, -0.2) is 5.43 Å². The van der Waals surface area contributed by atoms with Crippen LogP contribution < -0.4 is 10.2 Å². The average molecular weight is 321 g/mol. The minimum Gasteiger partial charge on any atom is -0.497 e. The first-order valence-electron chi connectivity index (χ1n) is 7.19. The molecule has 2 heterocycles. The van der Waals surface area contributed by atoms with Gasteiger partial charge in [-0.3, -0.25) is 14.9 Å². The molecule has 0 bridgehead atoms. The van der Waals surface area contributed by atoms with E-state index in [0.717, 1.165) is 16.9 Å². The van der Waals surface area contributed by atoms with Gasteiger partial charge >= 0.3 is 0 Å². The number of hydrazone groups is 1. The summed E-state index contributed by atoms with van der Waals surface area (Å²) in [5, 5.41) is 10.7. The number of rotatable bonds is 5. The zero-order chi connectivity index (χ0) is 16.8. The number of carbonyl (C=O) groups is 1. The highest BCUT2D eigenvalue weighted by molar-refractivity contribution is 5.94. The number of methoxy groups -OCH3 is 1. The molecule has 1 aromatic carbocycles. The molecule has 3 aromatic rings. The Bertz CT molecular complexity index is 841. The van der Waals surface area contributed by atoms with E-state index in [0.29, 0.717) is 11.4 Å². The Balaban J connectivity index is 1.66. The second-order valence-electron chi connectivity index (χ2n) is 4.88. The number of aromatic nitrogens is 3. The normalized spacial score (nSPS) is 10.7. The van der Waals surface area contributed by atoms with Crippen molar-refractivity contribution in [3.05, 3.63) is 66.1 Å². The fourth-order valence-electron chi connectivity index (χ4n) is 2.03. The maximum atomic E-state index is 12.0. The molecular formula is C17H15N5O2. The van der Waals surface area contributed by atoms with E-state index in [-0.39, 0.29) is 5.91 Å². The molecule has 2 aromatic heterocycles. The van der Waals surface area contributed by atoms with Crippen molar-refractivity contribution < 1.29 is 9.53 Å². The number of carbonyl (C=O) groups excluding carboxylic acids is 1. The lowest BCUT2D eigenvalue weighted by atomic mass is 10.1. The van der Waals surface area contributed by atoms with Crippen molar-refractivity contribution in [3.63, 3.8) is 0 Å². The maximum Gasteiger partial charge on any atom is 0.289 e. The van der Waals surface area contributed by atoms with Crippen LogP contribution in [0.1, 0.15) is 16.1 Å².